The minimum absolute atomic E-state index is 0.0274. The first-order chi connectivity index (χ1) is 11.4. The summed E-state index contributed by atoms with van der Waals surface area (Å²) in [6.07, 6.45) is 0. The Morgan fingerprint density at radius 3 is 2.46 bits per heavy atom. The summed E-state index contributed by atoms with van der Waals surface area (Å²) in [5.74, 6) is -3.64. The van der Waals surface area contributed by atoms with Crippen LogP contribution in [0.2, 0.25) is 0 Å². The third kappa shape index (κ3) is 4.58. The number of halogens is 3. The third-order valence-electron chi connectivity index (χ3n) is 3.20. The average Bonchev–Trinajstić information content (AvgIpc) is 2.52. The van der Waals surface area contributed by atoms with Crippen molar-refractivity contribution >= 4 is 11.9 Å². The van der Waals surface area contributed by atoms with Crippen molar-refractivity contribution < 1.29 is 27.5 Å². The van der Waals surface area contributed by atoms with Crippen LogP contribution in [0.25, 0.3) is 0 Å². The molecular formula is C17H14F3NO3. The van der Waals surface area contributed by atoms with Crippen molar-refractivity contribution in [2.75, 3.05) is 6.61 Å². The SMILES string of the molecule is C[C@H](NC(=O)COC(=O)c1cccc(F)c1)c1ccc(F)cc1F. The minimum atomic E-state index is -0.856. The van der Waals surface area contributed by atoms with Crippen LogP contribution in [0.15, 0.2) is 42.5 Å². The van der Waals surface area contributed by atoms with E-state index in [1.54, 1.807) is 0 Å². The highest BCUT2D eigenvalue weighted by Crippen LogP contribution is 2.17. The molecule has 0 aliphatic heterocycles. The first-order valence-corrected chi connectivity index (χ1v) is 7.04. The molecule has 0 heterocycles. The van der Waals surface area contributed by atoms with Crippen LogP contribution in [0.4, 0.5) is 13.2 Å². The molecule has 2 rings (SSSR count). The largest absolute Gasteiger partial charge is 0.452 e. The van der Waals surface area contributed by atoms with Crippen molar-refractivity contribution in [3.05, 3.63) is 71.0 Å². The molecule has 0 fully saturated rings. The molecule has 2 aromatic rings. The molecule has 0 unspecified atom stereocenters. The van der Waals surface area contributed by atoms with E-state index in [1.807, 2.05) is 0 Å². The van der Waals surface area contributed by atoms with Gasteiger partial charge in [-0.3, -0.25) is 4.79 Å². The highest BCUT2D eigenvalue weighted by molar-refractivity contribution is 5.91. The van der Waals surface area contributed by atoms with Crippen LogP contribution in [0, 0.1) is 17.5 Å². The molecule has 24 heavy (non-hydrogen) atoms. The zero-order valence-corrected chi connectivity index (χ0v) is 12.7. The molecule has 0 saturated heterocycles. The van der Waals surface area contributed by atoms with Gasteiger partial charge in [0.15, 0.2) is 6.61 Å². The summed E-state index contributed by atoms with van der Waals surface area (Å²) in [6, 6.07) is 7.09. The van der Waals surface area contributed by atoms with E-state index in [9.17, 15) is 22.8 Å². The lowest BCUT2D eigenvalue weighted by atomic mass is 10.1. The number of esters is 1. The van der Waals surface area contributed by atoms with Gasteiger partial charge in [-0.1, -0.05) is 12.1 Å². The molecule has 1 atom stereocenters. The first-order valence-electron chi connectivity index (χ1n) is 7.04. The van der Waals surface area contributed by atoms with Crippen molar-refractivity contribution in [2.24, 2.45) is 0 Å². The Labute approximate surface area is 136 Å². The zero-order valence-electron chi connectivity index (χ0n) is 12.7. The lowest BCUT2D eigenvalue weighted by molar-refractivity contribution is -0.124. The van der Waals surface area contributed by atoms with E-state index in [0.717, 1.165) is 12.1 Å². The number of carbonyl (C=O) groups excluding carboxylic acids is 2. The van der Waals surface area contributed by atoms with Gasteiger partial charge in [-0.2, -0.15) is 0 Å². The Balaban J connectivity index is 1.90. The fourth-order valence-electron chi connectivity index (χ4n) is 2.04. The predicted octanol–water partition coefficient (Wildman–Crippen LogP) is 3.14. The number of benzene rings is 2. The van der Waals surface area contributed by atoms with Gasteiger partial charge in [0.05, 0.1) is 11.6 Å². The Hall–Kier alpha value is -2.83. The van der Waals surface area contributed by atoms with Gasteiger partial charge in [-0.05, 0) is 31.2 Å². The average molecular weight is 337 g/mol. The maximum absolute atomic E-state index is 13.6. The normalized spacial score (nSPS) is 11.7. The smallest absolute Gasteiger partial charge is 0.338 e. The lowest BCUT2D eigenvalue weighted by Gasteiger charge is -2.15. The van der Waals surface area contributed by atoms with Gasteiger partial charge in [-0.15, -0.1) is 0 Å². The summed E-state index contributed by atoms with van der Waals surface area (Å²) in [5.41, 5.74) is 0.0710. The topological polar surface area (TPSA) is 55.4 Å². The summed E-state index contributed by atoms with van der Waals surface area (Å²) in [4.78, 5) is 23.4. The molecule has 0 spiro atoms. The molecule has 126 valence electrons. The molecule has 0 bridgehead atoms. The van der Waals surface area contributed by atoms with Crippen LogP contribution < -0.4 is 5.32 Å². The van der Waals surface area contributed by atoms with Crippen molar-refractivity contribution in [3.63, 3.8) is 0 Å². The Bertz CT molecular complexity index is 764. The number of amides is 1. The monoisotopic (exact) mass is 337 g/mol. The van der Waals surface area contributed by atoms with E-state index in [4.69, 9.17) is 4.74 Å². The van der Waals surface area contributed by atoms with Gasteiger partial charge in [0.1, 0.15) is 17.5 Å². The third-order valence-corrected chi connectivity index (χ3v) is 3.20. The quantitative estimate of drug-likeness (QED) is 0.853. The van der Waals surface area contributed by atoms with Crippen LogP contribution in [-0.4, -0.2) is 18.5 Å². The summed E-state index contributed by atoms with van der Waals surface area (Å²) in [6.45, 7) is 0.894. The fraction of sp³-hybridized carbons (Fsp3) is 0.176. The first kappa shape index (κ1) is 17.5. The predicted molar refractivity (Wildman–Crippen MR) is 79.6 cm³/mol. The van der Waals surface area contributed by atoms with Gasteiger partial charge < -0.3 is 10.1 Å². The number of carbonyl (C=O) groups is 2. The van der Waals surface area contributed by atoms with Crippen molar-refractivity contribution in [2.45, 2.75) is 13.0 Å². The van der Waals surface area contributed by atoms with Gasteiger partial charge in [0.25, 0.3) is 5.91 Å². The molecule has 0 saturated carbocycles. The van der Waals surface area contributed by atoms with Crippen LogP contribution in [0.1, 0.15) is 28.9 Å². The van der Waals surface area contributed by atoms with Crippen LogP contribution >= 0.6 is 0 Å². The molecule has 1 amide bonds. The summed E-state index contributed by atoms with van der Waals surface area (Å²) in [7, 11) is 0. The van der Waals surface area contributed by atoms with E-state index in [0.29, 0.717) is 6.07 Å². The van der Waals surface area contributed by atoms with Gasteiger partial charge in [-0.25, -0.2) is 18.0 Å². The molecule has 0 aromatic heterocycles. The second-order valence-electron chi connectivity index (χ2n) is 5.04. The summed E-state index contributed by atoms with van der Waals surface area (Å²) >= 11 is 0. The summed E-state index contributed by atoms with van der Waals surface area (Å²) < 4.78 is 44.2. The van der Waals surface area contributed by atoms with E-state index in [1.165, 1.54) is 31.2 Å². The van der Waals surface area contributed by atoms with Crippen LogP contribution in [0.3, 0.4) is 0 Å². The van der Waals surface area contributed by atoms with Gasteiger partial charge in [0, 0.05) is 11.6 Å². The number of nitrogens with one attached hydrogen (secondary N) is 1. The maximum Gasteiger partial charge on any atom is 0.338 e. The molecule has 0 aliphatic carbocycles. The standard InChI is InChI=1S/C17H14F3NO3/c1-10(14-6-5-13(19)8-15(14)20)21-16(22)9-24-17(23)11-3-2-4-12(18)7-11/h2-8,10H,9H2,1H3,(H,21,22)/t10-/m0/s1. The molecule has 7 heteroatoms. The Kier molecular flexibility index (Phi) is 5.57. The fourth-order valence-corrected chi connectivity index (χ4v) is 2.04. The van der Waals surface area contributed by atoms with Crippen molar-refractivity contribution in [3.8, 4) is 0 Å². The van der Waals surface area contributed by atoms with E-state index < -0.39 is 42.0 Å². The zero-order chi connectivity index (χ0) is 17.7. The maximum atomic E-state index is 13.6. The van der Waals surface area contributed by atoms with Gasteiger partial charge in [0.2, 0.25) is 0 Å². The second-order valence-corrected chi connectivity index (χ2v) is 5.04. The van der Waals surface area contributed by atoms with E-state index in [2.05, 4.69) is 5.32 Å². The second kappa shape index (κ2) is 7.63. The molecular weight excluding hydrogens is 323 g/mol. The Morgan fingerprint density at radius 2 is 1.79 bits per heavy atom. The molecule has 4 nitrogen and oxygen atoms in total. The molecule has 0 aliphatic rings. The molecule has 0 radical (unpaired) electrons. The minimum Gasteiger partial charge on any atom is -0.452 e. The molecule has 1 N–H and O–H groups in total. The highest BCUT2D eigenvalue weighted by atomic mass is 19.1. The van der Waals surface area contributed by atoms with Crippen molar-refractivity contribution in [1.29, 1.82) is 0 Å². The highest BCUT2D eigenvalue weighted by Gasteiger charge is 2.16. The summed E-state index contributed by atoms with van der Waals surface area (Å²) in [5, 5.41) is 2.42. The number of rotatable bonds is 5. The molecule has 2 aromatic carbocycles. The van der Waals surface area contributed by atoms with Gasteiger partial charge >= 0.3 is 5.97 Å². The van der Waals surface area contributed by atoms with Crippen LogP contribution in [-0.2, 0) is 9.53 Å². The number of hydrogen-bond acceptors (Lipinski definition) is 3. The van der Waals surface area contributed by atoms with Crippen molar-refractivity contribution in [1.82, 2.24) is 5.32 Å². The number of ether oxygens (including phenoxy) is 1. The van der Waals surface area contributed by atoms with Crippen LogP contribution in [0.5, 0.6) is 0 Å². The van der Waals surface area contributed by atoms with E-state index >= 15 is 0 Å². The van der Waals surface area contributed by atoms with E-state index in [-0.39, 0.29) is 11.1 Å². The lowest BCUT2D eigenvalue weighted by Crippen LogP contribution is -2.31. The number of hydrogen-bond donors (Lipinski definition) is 1. The Morgan fingerprint density at radius 1 is 1.08 bits per heavy atom.